The van der Waals surface area contributed by atoms with Crippen molar-refractivity contribution < 1.29 is 9.47 Å². The van der Waals surface area contributed by atoms with Gasteiger partial charge in [-0.15, -0.1) is 0 Å². The highest BCUT2D eigenvalue weighted by molar-refractivity contribution is 6.04. The minimum Gasteiger partial charge on any atom is -0.497 e. The van der Waals surface area contributed by atoms with E-state index >= 15 is 0 Å². The summed E-state index contributed by atoms with van der Waals surface area (Å²) >= 11 is 0. The van der Waals surface area contributed by atoms with Crippen LogP contribution in [-0.4, -0.2) is 28.8 Å². The number of ether oxygens (including phenoxy) is 2. The summed E-state index contributed by atoms with van der Waals surface area (Å²) in [5.41, 5.74) is 6.16. The Labute approximate surface area is 174 Å². The van der Waals surface area contributed by atoms with Crippen molar-refractivity contribution in [1.82, 2.24) is 14.5 Å². The first kappa shape index (κ1) is 18.2. The van der Waals surface area contributed by atoms with Crippen LogP contribution in [0.3, 0.4) is 0 Å². The number of nitrogens with zero attached hydrogens (tertiary/aromatic N) is 3. The van der Waals surface area contributed by atoms with E-state index in [0.29, 0.717) is 0 Å². The van der Waals surface area contributed by atoms with Crippen molar-refractivity contribution in [3.63, 3.8) is 0 Å². The molecule has 0 bridgehead atoms. The van der Waals surface area contributed by atoms with E-state index in [1.54, 1.807) is 14.2 Å². The van der Waals surface area contributed by atoms with Crippen molar-refractivity contribution in [3.8, 4) is 28.3 Å². The molecule has 2 heterocycles. The zero-order valence-electron chi connectivity index (χ0n) is 17.1. The Hall–Kier alpha value is -3.86. The fourth-order valence-corrected chi connectivity index (χ4v) is 3.88. The first-order chi connectivity index (χ1) is 14.7. The molecular formula is C25H21N3O2. The summed E-state index contributed by atoms with van der Waals surface area (Å²) in [6.07, 6.45) is 1.84. The van der Waals surface area contributed by atoms with Gasteiger partial charge in [-0.1, -0.05) is 18.2 Å². The van der Waals surface area contributed by atoms with Crippen LogP contribution in [0, 0.1) is 6.92 Å². The molecule has 5 nitrogen and oxygen atoms in total. The number of fused-ring (bicyclic) bond motifs is 3. The predicted molar refractivity (Wildman–Crippen MR) is 120 cm³/mol. The average Bonchev–Trinajstić information content (AvgIpc) is 3.15. The maximum Gasteiger partial charge on any atom is 0.119 e. The Morgan fingerprint density at radius 1 is 0.733 bits per heavy atom. The van der Waals surface area contributed by atoms with Crippen molar-refractivity contribution in [2.45, 2.75) is 6.92 Å². The largest absolute Gasteiger partial charge is 0.497 e. The van der Waals surface area contributed by atoms with Crippen molar-refractivity contribution in [3.05, 3.63) is 78.8 Å². The normalized spacial score (nSPS) is 11.2. The van der Waals surface area contributed by atoms with Gasteiger partial charge in [-0.25, -0.2) is 4.98 Å². The van der Waals surface area contributed by atoms with Crippen LogP contribution in [0.4, 0.5) is 0 Å². The summed E-state index contributed by atoms with van der Waals surface area (Å²) < 4.78 is 12.8. The van der Waals surface area contributed by atoms with Gasteiger partial charge in [0.15, 0.2) is 0 Å². The van der Waals surface area contributed by atoms with E-state index in [1.807, 2.05) is 49.5 Å². The second kappa shape index (κ2) is 7.19. The molecule has 0 aliphatic carbocycles. The number of hydrogen-bond acceptors (Lipinski definition) is 4. The van der Waals surface area contributed by atoms with Crippen LogP contribution in [0.1, 0.15) is 5.82 Å². The molecule has 0 saturated heterocycles. The lowest BCUT2D eigenvalue weighted by Crippen LogP contribution is -1.98. The fraction of sp³-hybridized carbons (Fsp3) is 0.120. The van der Waals surface area contributed by atoms with Gasteiger partial charge in [0.05, 0.1) is 31.4 Å². The number of benzene rings is 3. The third-order valence-corrected chi connectivity index (χ3v) is 5.40. The van der Waals surface area contributed by atoms with E-state index in [2.05, 4.69) is 39.9 Å². The predicted octanol–water partition coefficient (Wildman–Crippen LogP) is 5.57. The van der Waals surface area contributed by atoms with Gasteiger partial charge in [0.25, 0.3) is 0 Å². The lowest BCUT2D eigenvalue weighted by Gasteiger charge is -2.11. The van der Waals surface area contributed by atoms with E-state index < -0.39 is 0 Å². The summed E-state index contributed by atoms with van der Waals surface area (Å²) in [4.78, 5) is 9.39. The molecule has 0 unspecified atom stereocenters. The highest BCUT2D eigenvalue weighted by atomic mass is 16.5. The molecule has 148 valence electrons. The number of aromatic nitrogens is 3. The molecule has 0 spiro atoms. The Morgan fingerprint density at radius 2 is 1.37 bits per heavy atom. The van der Waals surface area contributed by atoms with E-state index in [9.17, 15) is 0 Å². The van der Waals surface area contributed by atoms with Crippen LogP contribution in [0.2, 0.25) is 0 Å². The van der Waals surface area contributed by atoms with Gasteiger partial charge in [-0.05, 0) is 66.6 Å². The number of methoxy groups -OCH3 is 2. The third-order valence-electron chi connectivity index (χ3n) is 5.40. The molecule has 0 aliphatic rings. The van der Waals surface area contributed by atoms with E-state index in [-0.39, 0.29) is 0 Å². The molecule has 0 saturated carbocycles. The maximum absolute atomic E-state index is 5.31. The van der Waals surface area contributed by atoms with Crippen molar-refractivity contribution >= 4 is 21.9 Å². The SMILES string of the molecule is COc1ccc(-c2ccc3ncc4nc(C)n(-c5ccc(OC)cc5)c4c3c2)cc1. The van der Waals surface area contributed by atoms with Gasteiger partial charge in [0.1, 0.15) is 22.8 Å². The van der Waals surface area contributed by atoms with E-state index in [0.717, 1.165) is 56.1 Å². The molecule has 5 rings (SSSR count). The minimum absolute atomic E-state index is 0.828. The summed E-state index contributed by atoms with van der Waals surface area (Å²) in [5, 5.41) is 1.07. The monoisotopic (exact) mass is 395 g/mol. The Bertz CT molecular complexity index is 1350. The Morgan fingerprint density at radius 3 is 2.03 bits per heavy atom. The van der Waals surface area contributed by atoms with Gasteiger partial charge in [0.2, 0.25) is 0 Å². The van der Waals surface area contributed by atoms with Gasteiger partial charge < -0.3 is 9.47 Å². The van der Waals surface area contributed by atoms with Crippen LogP contribution in [0.5, 0.6) is 11.5 Å². The number of hydrogen-bond donors (Lipinski definition) is 0. The fourth-order valence-electron chi connectivity index (χ4n) is 3.88. The maximum atomic E-state index is 5.31. The molecule has 0 fully saturated rings. The highest BCUT2D eigenvalue weighted by Crippen LogP contribution is 2.32. The second-order valence-electron chi connectivity index (χ2n) is 7.14. The smallest absolute Gasteiger partial charge is 0.119 e. The van der Waals surface area contributed by atoms with E-state index in [4.69, 9.17) is 14.5 Å². The Balaban J connectivity index is 1.74. The quantitative estimate of drug-likeness (QED) is 0.399. The van der Waals surface area contributed by atoms with Crippen LogP contribution >= 0.6 is 0 Å². The van der Waals surface area contributed by atoms with Crippen LogP contribution < -0.4 is 9.47 Å². The zero-order valence-corrected chi connectivity index (χ0v) is 17.1. The molecule has 5 aromatic rings. The molecular weight excluding hydrogens is 374 g/mol. The average molecular weight is 395 g/mol. The molecule has 0 amide bonds. The van der Waals surface area contributed by atoms with Gasteiger partial charge in [0, 0.05) is 11.1 Å². The molecule has 0 N–H and O–H groups in total. The highest BCUT2D eigenvalue weighted by Gasteiger charge is 2.14. The minimum atomic E-state index is 0.828. The van der Waals surface area contributed by atoms with Crippen molar-refractivity contribution in [1.29, 1.82) is 0 Å². The number of pyridine rings is 1. The zero-order chi connectivity index (χ0) is 20.7. The number of imidazole rings is 1. The first-order valence-electron chi connectivity index (χ1n) is 9.74. The molecule has 2 aromatic heterocycles. The molecule has 30 heavy (non-hydrogen) atoms. The summed E-state index contributed by atoms with van der Waals surface area (Å²) in [6, 6.07) is 22.5. The lowest BCUT2D eigenvalue weighted by molar-refractivity contribution is 0.414. The number of aryl methyl sites for hydroxylation is 1. The van der Waals surface area contributed by atoms with Crippen LogP contribution in [-0.2, 0) is 0 Å². The van der Waals surface area contributed by atoms with Crippen LogP contribution in [0.25, 0.3) is 38.8 Å². The lowest BCUT2D eigenvalue weighted by atomic mass is 10.0. The second-order valence-corrected chi connectivity index (χ2v) is 7.14. The van der Waals surface area contributed by atoms with Crippen molar-refractivity contribution in [2.24, 2.45) is 0 Å². The summed E-state index contributed by atoms with van der Waals surface area (Å²) in [5.74, 6) is 2.59. The Kier molecular flexibility index (Phi) is 4.36. The summed E-state index contributed by atoms with van der Waals surface area (Å²) in [7, 11) is 3.35. The standard InChI is InChI=1S/C25H21N3O2/c1-16-27-24-15-26-23-13-6-18(17-4-9-20(29-2)10-5-17)14-22(23)25(24)28(16)19-7-11-21(30-3)12-8-19/h4-15H,1-3H3. The topological polar surface area (TPSA) is 49.2 Å². The molecule has 0 radical (unpaired) electrons. The molecule has 3 aromatic carbocycles. The van der Waals surface area contributed by atoms with Gasteiger partial charge in [-0.3, -0.25) is 9.55 Å². The van der Waals surface area contributed by atoms with E-state index in [1.165, 1.54) is 0 Å². The van der Waals surface area contributed by atoms with Crippen LogP contribution in [0.15, 0.2) is 72.9 Å². The van der Waals surface area contributed by atoms with Crippen molar-refractivity contribution in [2.75, 3.05) is 14.2 Å². The third kappa shape index (κ3) is 2.95. The first-order valence-corrected chi connectivity index (χ1v) is 9.74. The van der Waals surface area contributed by atoms with Gasteiger partial charge in [-0.2, -0.15) is 0 Å². The number of rotatable bonds is 4. The molecule has 5 heteroatoms. The van der Waals surface area contributed by atoms with Gasteiger partial charge >= 0.3 is 0 Å². The molecule has 0 aliphatic heterocycles. The summed E-state index contributed by atoms with van der Waals surface area (Å²) in [6.45, 7) is 2.02. The molecule has 0 atom stereocenters.